The van der Waals surface area contributed by atoms with E-state index in [0.29, 0.717) is 0 Å². The molecular formula is C64H54Cl2SiZr-4. The molecule has 0 atom stereocenters. The van der Waals surface area contributed by atoms with Crippen molar-refractivity contribution in [3.8, 4) is 44.5 Å². The van der Waals surface area contributed by atoms with Crippen molar-refractivity contribution in [1.29, 1.82) is 0 Å². The van der Waals surface area contributed by atoms with Crippen LogP contribution in [-0.4, -0.2) is 6.88 Å². The molecule has 0 nitrogen and oxygen atoms in total. The second kappa shape index (κ2) is 23.0. The molecule has 0 aliphatic rings. The molecule has 68 heavy (non-hydrogen) atoms. The van der Waals surface area contributed by atoms with Gasteiger partial charge in [-0.15, -0.1) is 69.6 Å². The molecule has 0 aliphatic heterocycles. The minimum absolute atomic E-state index is 0. The Morgan fingerprint density at radius 3 is 0.838 bits per heavy atom. The molecule has 12 aromatic rings. The van der Waals surface area contributed by atoms with Crippen LogP contribution in [0.2, 0.25) is 0 Å². The molecule has 0 aromatic heterocycles. The van der Waals surface area contributed by atoms with Crippen LogP contribution in [0, 0.1) is 14.9 Å². The average Bonchev–Trinajstić information content (AvgIpc) is 4.02. The van der Waals surface area contributed by atoms with E-state index in [1.165, 1.54) is 144 Å². The summed E-state index contributed by atoms with van der Waals surface area (Å²) in [6.45, 7) is 7.54. The summed E-state index contributed by atoms with van der Waals surface area (Å²) in [6.07, 6.45) is 2.08. The molecule has 0 saturated carbocycles. The molecule has 0 spiro atoms. The maximum absolute atomic E-state index is 3.06. The predicted molar refractivity (Wildman–Crippen MR) is 303 cm³/mol. The fraction of sp³-hybridized carbons (Fsp3) is 0.0625. The second-order valence-electron chi connectivity index (χ2n) is 16.5. The van der Waals surface area contributed by atoms with Crippen molar-refractivity contribution in [1.82, 2.24) is 0 Å². The first-order chi connectivity index (χ1) is 31.7. The zero-order valence-electron chi connectivity index (χ0n) is 39.0. The van der Waals surface area contributed by atoms with Gasteiger partial charge in [-0.1, -0.05) is 241 Å². The van der Waals surface area contributed by atoms with Crippen molar-refractivity contribution < 1.29 is 23.3 Å². The van der Waals surface area contributed by atoms with Gasteiger partial charge < -0.3 is 14.9 Å². The zero-order chi connectivity index (χ0) is 43.6. The van der Waals surface area contributed by atoms with Crippen molar-refractivity contribution in [2.45, 2.75) is 26.7 Å². The van der Waals surface area contributed by atoms with E-state index in [1.54, 1.807) is 0 Å². The van der Waals surface area contributed by atoms with Crippen molar-refractivity contribution in [2.24, 2.45) is 0 Å². The van der Waals surface area contributed by atoms with Crippen molar-refractivity contribution in [3.63, 3.8) is 0 Å². The summed E-state index contributed by atoms with van der Waals surface area (Å²) in [6, 6.07) is 80.1. The average molecular weight is 1010 g/mol. The van der Waals surface area contributed by atoms with Gasteiger partial charge in [-0.05, 0) is 67.1 Å². The van der Waals surface area contributed by atoms with Gasteiger partial charge in [0.05, 0.1) is 0 Å². The molecule has 12 rings (SSSR count). The summed E-state index contributed by atoms with van der Waals surface area (Å²) in [5, 5.41) is 15.8. The number of hydrogen-bond donors (Lipinski definition) is 0. The van der Waals surface area contributed by atoms with Gasteiger partial charge in [0.25, 0.3) is 0 Å². The molecule has 0 fully saturated rings. The fourth-order valence-corrected chi connectivity index (χ4v) is 9.91. The van der Waals surface area contributed by atoms with E-state index < -0.39 is 0 Å². The topological polar surface area (TPSA) is 0 Å². The first-order valence-corrected chi connectivity index (χ1v) is 26.5. The first-order valence-electron chi connectivity index (χ1n) is 22.3. The van der Waals surface area contributed by atoms with Gasteiger partial charge in [-0.2, -0.15) is 12.1 Å². The summed E-state index contributed by atoms with van der Waals surface area (Å²) in [7, 11) is 0. The van der Waals surface area contributed by atoms with Gasteiger partial charge in [-0.3, -0.25) is 0 Å². The number of benzene rings is 10. The van der Waals surface area contributed by atoms with Gasteiger partial charge in [0.1, 0.15) is 0 Å². The number of rotatable bonds is 6. The van der Waals surface area contributed by atoms with Crippen LogP contribution < -0.4 is 0 Å². The molecule has 0 bridgehead atoms. The van der Waals surface area contributed by atoms with Gasteiger partial charge >= 0.3 is 30.2 Å². The Morgan fingerprint density at radius 1 is 0.309 bits per heavy atom. The van der Waals surface area contributed by atoms with Crippen LogP contribution in [0.5, 0.6) is 0 Å². The Labute approximate surface area is 431 Å². The van der Waals surface area contributed by atoms with Gasteiger partial charge in [0.2, 0.25) is 0 Å². The van der Waals surface area contributed by atoms with E-state index in [4.69, 9.17) is 0 Å². The van der Waals surface area contributed by atoms with Gasteiger partial charge in [0, 0.05) is 0 Å². The quantitative estimate of drug-likeness (QED) is 0.115. The molecule has 4 heteroatoms. The molecule has 336 valence electrons. The van der Waals surface area contributed by atoms with Gasteiger partial charge in [-0.25, -0.2) is 0 Å². The molecule has 0 N–H and O–H groups in total. The first kappa shape index (κ1) is 51.5. The Hall–Kier alpha value is -5.86. The van der Waals surface area contributed by atoms with E-state index in [9.17, 15) is 0 Å². The maximum atomic E-state index is 3.06. The Morgan fingerprint density at radius 2 is 0.544 bits per heavy atom. The van der Waals surface area contributed by atoms with Gasteiger partial charge in [0.15, 0.2) is 0 Å². The Bertz CT molecular complexity index is 3160. The third kappa shape index (κ3) is 9.58. The summed E-state index contributed by atoms with van der Waals surface area (Å²) < 4.78 is 0. The third-order valence-electron chi connectivity index (χ3n) is 13.0. The molecule has 12 aromatic carbocycles. The van der Waals surface area contributed by atoms with E-state index in [1.807, 2.05) is 0 Å². The van der Waals surface area contributed by atoms with Crippen molar-refractivity contribution in [3.05, 3.63) is 244 Å². The number of halogens is 2. The number of aryl methyl sites for hydroxylation is 2. The monoisotopic (exact) mass is 1010 g/mol. The molecule has 2 radical (unpaired) electrons. The molecular weight excluding hydrogens is 959 g/mol. The molecule has 0 saturated heterocycles. The third-order valence-corrected chi connectivity index (χ3v) is 13.0. The van der Waals surface area contributed by atoms with Crippen LogP contribution in [0.1, 0.15) is 25.0 Å². The summed E-state index contributed by atoms with van der Waals surface area (Å²) >= 11 is 1.36. The summed E-state index contributed by atoms with van der Waals surface area (Å²) in [4.78, 5) is 0. The van der Waals surface area contributed by atoms with E-state index >= 15 is 0 Å². The Balaban J connectivity index is 0.000000205. The summed E-state index contributed by atoms with van der Waals surface area (Å²) in [5.74, 6) is 0. The van der Waals surface area contributed by atoms with Crippen molar-refractivity contribution in [2.75, 3.05) is 0 Å². The van der Waals surface area contributed by atoms with Crippen LogP contribution >= 0.6 is 24.8 Å². The molecule has 0 heterocycles. The standard InChI is InChI=1S/2C31H23.2CH3.2ClH.Si.Zr/c2*1-2-21-19-30-28(26-15-7-11-22-9-3-5-13-24(22)26)17-18-29(31(30)20-21)27-16-8-12-23-10-4-6-14-25(23)27;;;;;;/h2*3-20H,2H2,1H3;2*1H3;2*1H;;/q4*-1;;;;. The fourth-order valence-electron chi connectivity index (χ4n) is 9.91. The van der Waals surface area contributed by atoms with E-state index in [-0.39, 0.29) is 39.7 Å². The molecule has 0 amide bonds. The normalized spacial score (nSPS) is 10.5. The summed E-state index contributed by atoms with van der Waals surface area (Å²) in [5.41, 5.74) is 13.3. The number of fused-ring (bicyclic) bond motifs is 6. The SMILES string of the molecule is CCc1cc2c(-c3cccc4ccccc34)ccc(-c3cccc4ccccc34)c2[cH-]1.CCc1cc2c(-c3cccc4ccccc34)ccc(-c3cccc4ccccc34)c2[cH-]1.Cl.Cl.[CH3-].[CH3-].[Si]=[Zr]. The van der Waals surface area contributed by atoms with E-state index in [2.05, 4.69) is 239 Å². The van der Waals surface area contributed by atoms with Crippen LogP contribution in [0.4, 0.5) is 0 Å². The van der Waals surface area contributed by atoms with Crippen LogP contribution in [-0.2, 0) is 36.2 Å². The number of hydrogen-bond acceptors (Lipinski definition) is 0. The zero-order valence-corrected chi connectivity index (χ0v) is 44.1. The minimum atomic E-state index is 0. The van der Waals surface area contributed by atoms with Crippen LogP contribution in [0.3, 0.4) is 0 Å². The molecule has 0 unspecified atom stereocenters. The van der Waals surface area contributed by atoms with E-state index in [0.717, 1.165) is 12.8 Å². The van der Waals surface area contributed by atoms with Crippen molar-refractivity contribution >= 4 is 96.3 Å². The van der Waals surface area contributed by atoms with Crippen LogP contribution in [0.15, 0.2) is 218 Å². The Kier molecular flexibility index (Phi) is 17.4. The second-order valence-corrected chi connectivity index (χ2v) is 16.5. The molecule has 0 aliphatic carbocycles. The predicted octanol–water partition coefficient (Wildman–Crippen LogP) is 18.9. The van der Waals surface area contributed by atoms with Crippen LogP contribution in [0.25, 0.3) is 109 Å².